The number of hydrogen-bond donors (Lipinski definition) is 2. The minimum Gasteiger partial charge on any atom is -0.377 e. The molecule has 0 fully saturated rings. The van der Waals surface area contributed by atoms with E-state index in [1.165, 1.54) is 5.56 Å². The summed E-state index contributed by atoms with van der Waals surface area (Å²) in [7, 11) is 0. The van der Waals surface area contributed by atoms with E-state index in [1.807, 2.05) is 30.3 Å². The van der Waals surface area contributed by atoms with Crippen LogP contribution in [0.5, 0.6) is 0 Å². The number of rotatable bonds is 10. The van der Waals surface area contributed by atoms with Gasteiger partial charge in [0.05, 0.1) is 6.61 Å². The average molecular weight is 278 g/mol. The van der Waals surface area contributed by atoms with Crippen molar-refractivity contribution in [2.45, 2.75) is 39.3 Å². The van der Waals surface area contributed by atoms with Crippen LogP contribution in [0.15, 0.2) is 30.3 Å². The van der Waals surface area contributed by atoms with Crippen LogP contribution >= 0.6 is 0 Å². The molecule has 0 aliphatic heterocycles. The lowest BCUT2D eigenvalue weighted by molar-refractivity contribution is -0.121. The molecule has 1 rings (SSSR count). The van der Waals surface area contributed by atoms with Gasteiger partial charge < -0.3 is 15.4 Å². The van der Waals surface area contributed by atoms with Crippen molar-refractivity contribution < 1.29 is 9.53 Å². The van der Waals surface area contributed by atoms with Crippen molar-refractivity contribution in [2.75, 3.05) is 19.7 Å². The Balaban J connectivity index is 1.93. The first-order chi connectivity index (χ1) is 9.68. The molecule has 1 aromatic carbocycles. The van der Waals surface area contributed by atoms with Gasteiger partial charge in [0, 0.05) is 32.2 Å². The monoisotopic (exact) mass is 278 g/mol. The van der Waals surface area contributed by atoms with Gasteiger partial charge in [0.25, 0.3) is 0 Å². The highest BCUT2D eigenvalue weighted by molar-refractivity contribution is 5.75. The molecule has 4 nitrogen and oxygen atoms in total. The van der Waals surface area contributed by atoms with E-state index in [9.17, 15) is 4.79 Å². The lowest BCUT2D eigenvalue weighted by atomic mass is 10.2. The highest BCUT2D eigenvalue weighted by Crippen LogP contribution is 2.00. The van der Waals surface area contributed by atoms with Crippen LogP contribution in [0.25, 0.3) is 0 Å². The third-order valence-corrected chi connectivity index (χ3v) is 2.80. The van der Waals surface area contributed by atoms with E-state index >= 15 is 0 Å². The van der Waals surface area contributed by atoms with Gasteiger partial charge in [0.2, 0.25) is 5.91 Å². The second-order valence-corrected chi connectivity index (χ2v) is 5.10. The molecule has 0 saturated carbocycles. The Hall–Kier alpha value is -1.39. The Kier molecular flexibility index (Phi) is 8.67. The summed E-state index contributed by atoms with van der Waals surface area (Å²) in [5, 5.41) is 6.12. The van der Waals surface area contributed by atoms with Gasteiger partial charge in [-0.15, -0.1) is 0 Å². The first-order valence-electron chi connectivity index (χ1n) is 7.30. The van der Waals surface area contributed by atoms with E-state index in [0.717, 1.165) is 13.0 Å². The highest BCUT2D eigenvalue weighted by atomic mass is 16.5. The topological polar surface area (TPSA) is 50.4 Å². The predicted octanol–water partition coefficient (Wildman–Crippen LogP) is 2.10. The second kappa shape index (κ2) is 10.4. The number of nitrogens with one attached hydrogen (secondary N) is 2. The van der Waals surface area contributed by atoms with Crippen LogP contribution in [0.1, 0.15) is 32.3 Å². The van der Waals surface area contributed by atoms with Crippen LogP contribution in [0.4, 0.5) is 0 Å². The summed E-state index contributed by atoms with van der Waals surface area (Å²) >= 11 is 0. The number of amides is 1. The first-order valence-corrected chi connectivity index (χ1v) is 7.30. The summed E-state index contributed by atoms with van der Waals surface area (Å²) < 4.78 is 5.55. The zero-order chi connectivity index (χ0) is 14.6. The van der Waals surface area contributed by atoms with Gasteiger partial charge in [-0.25, -0.2) is 0 Å². The third-order valence-electron chi connectivity index (χ3n) is 2.80. The maximum atomic E-state index is 11.5. The van der Waals surface area contributed by atoms with Crippen LogP contribution in [-0.4, -0.2) is 31.6 Å². The van der Waals surface area contributed by atoms with Crippen LogP contribution in [0.2, 0.25) is 0 Å². The van der Waals surface area contributed by atoms with E-state index < -0.39 is 0 Å². The Labute approximate surface area is 121 Å². The molecule has 20 heavy (non-hydrogen) atoms. The Morgan fingerprint density at radius 2 is 1.95 bits per heavy atom. The standard InChI is InChI=1S/C16H26N2O2/c1-14(2)17-11-9-16(19)18-10-6-12-20-13-15-7-4-3-5-8-15/h3-5,7-8,14,17H,6,9-13H2,1-2H3,(H,18,19). The summed E-state index contributed by atoms with van der Waals surface area (Å²) in [4.78, 5) is 11.5. The van der Waals surface area contributed by atoms with Gasteiger partial charge in [-0.05, 0) is 12.0 Å². The number of hydrogen-bond acceptors (Lipinski definition) is 3. The van der Waals surface area contributed by atoms with Gasteiger partial charge in [0.1, 0.15) is 0 Å². The van der Waals surface area contributed by atoms with Crippen molar-refractivity contribution >= 4 is 5.91 Å². The molecule has 0 unspecified atom stereocenters. The van der Waals surface area contributed by atoms with Gasteiger partial charge >= 0.3 is 0 Å². The Morgan fingerprint density at radius 1 is 1.20 bits per heavy atom. The molecule has 0 bridgehead atoms. The van der Waals surface area contributed by atoms with Crippen LogP contribution in [0.3, 0.4) is 0 Å². The summed E-state index contributed by atoms with van der Waals surface area (Å²) in [6, 6.07) is 10.5. The molecular formula is C16H26N2O2. The lowest BCUT2D eigenvalue weighted by Gasteiger charge is -2.08. The van der Waals surface area contributed by atoms with Gasteiger partial charge in [0.15, 0.2) is 0 Å². The summed E-state index contributed by atoms with van der Waals surface area (Å²) in [6.07, 6.45) is 1.37. The van der Waals surface area contributed by atoms with E-state index in [-0.39, 0.29) is 5.91 Å². The minimum absolute atomic E-state index is 0.0983. The molecule has 0 heterocycles. The molecule has 0 aromatic heterocycles. The summed E-state index contributed by atoms with van der Waals surface area (Å²) in [5.74, 6) is 0.0983. The van der Waals surface area contributed by atoms with Crippen molar-refractivity contribution in [1.29, 1.82) is 0 Å². The zero-order valence-corrected chi connectivity index (χ0v) is 12.5. The van der Waals surface area contributed by atoms with E-state index in [1.54, 1.807) is 0 Å². The van der Waals surface area contributed by atoms with E-state index in [4.69, 9.17) is 4.74 Å². The highest BCUT2D eigenvalue weighted by Gasteiger charge is 2.00. The van der Waals surface area contributed by atoms with Gasteiger partial charge in [-0.3, -0.25) is 4.79 Å². The fraction of sp³-hybridized carbons (Fsp3) is 0.562. The fourth-order valence-electron chi connectivity index (χ4n) is 1.73. The van der Waals surface area contributed by atoms with Crippen LogP contribution in [-0.2, 0) is 16.1 Å². The number of benzene rings is 1. The summed E-state index contributed by atoms with van der Waals surface area (Å²) in [5.41, 5.74) is 1.18. The average Bonchev–Trinajstić information content (AvgIpc) is 2.43. The zero-order valence-electron chi connectivity index (χ0n) is 12.5. The van der Waals surface area contributed by atoms with E-state index in [2.05, 4.69) is 24.5 Å². The minimum atomic E-state index is 0.0983. The lowest BCUT2D eigenvalue weighted by Crippen LogP contribution is -2.31. The van der Waals surface area contributed by atoms with Crippen molar-refractivity contribution in [1.82, 2.24) is 10.6 Å². The van der Waals surface area contributed by atoms with Crippen LogP contribution in [0, 0.1) is 0 Å². The molecule has 1 aromatic rings. The van der Waals surface area contributed by atoms with Crippen LogP contribution < -0.4 is 10.6 Å². The molecule has 0 aliphatic carbocycles. The Morgan fingerprint density at radius 3 is 2.65 bits per heavy atom. The third kappa shape index (κ3) is 8.67. The Bertz CT molecular complexity index is 366. The molecule has 4 heteroatoms. The number of carbonyl (C=O) groups is 1. The second-order valence-electron chi connectivity index (χ2n) is 5.10. The molecule has 0 radical (unpaired) electrons. The van der Waals surface area contributed by atoms with Gasteiger partial charge in [-0.1, -0.05) is 44.2 Å². The number of carbonyl (C=O) groups excluding carboxylic acids is 1. The molecule has 2 N–H and O–H groups in total. The molecular weight excluding hydrogens is 252 g/mol. The largest absolute Gasteiger partial charge is 0.377 e. The van der Waals surface area contributed by atoms with Crippen molar-refractivity contribution in [2.24, 2.45) is 0 Å². The molecule has 112 valence electrons. The predicted molar refractivity (Wildman–Crippen MR) is 81.5 cm³/mol. The fourth-order valence-corrected chi connectivity index (χ4v) is 1.73. The quantitative estimate of drug-likeness (QED) is 0.644. The molecule has 0 saturated heterocycles. The maximum Gasteiger partial charge on any atom is 0.221 e. The van der Waals surface area contributed by atoms with Gasteiger partial charge in [-0.2, -0.15) is 0 Å². The SMILES string of the molecule is CC(C)NCCC(=O)NCCCOCc1ccccc1. The van der Waals surface area contributed by atoms with Crippen molar-refractivity contribution in [3.8, 4) is 0 Å². The molecule has 1 amide bonds. The van der Waals surface area contributed by atoms with Crippen molar-refractivity contribution in [3.63, 3.8) is 0 Å². The first kappa shape index (κ1) is 16.7. The van der Waals surface area contributed by atoms with E-state index in [0.29, 0.717) is 32.2 Å². The maximum absolute atomic E-state index is 11.5. The molecule has 0 aliphatic rings. The molecule has 0 spiro atoms. The number of ether oxygens (including phenoxy) is 1. The smallest absolute Gasteiger partial charge is 0.221 e. The normalized spacial score (nSPS) is 10.8. The summed E-state index contributed by atoms with van der Waals surface area (Å²) in [6.45, 7) is 6.85. The van der Waals surface area contributed by atoms with Crippen molar-refractivity contribution in [3.05, 3.63) is 35.9 Å². The molecule has 0 atom stereocenters.